The molecule has 1 aliphatic rings. The summed E-state index contributed by atoms with van der Waals surface area (Å²) >= 11 is 0. The number of hydrogen-bond donors (Lipinski definition) is 1. The van der Waals surface area contributed by atoms with E-state index in [0.29, 0.717) is 6.54 Å². The zero-order chi connectivity index (χ0) is 10.6. The highest BCUT2D eigenvalue weighted by atomic mass is 16.2. The molecule has 0 spiro atoms. The van der Waals surface area contributed by atoms with Gasteiger partial charge in [-0.1, -0.05) is 6.92 Å². The largest absolute Gasteiger partial charge is 0.340 e. The standard InChI is InChI=1S/C10H21N3O/c1-3-5-13-8-7-12(6-4-11)9(2)10(13)14/h9H,3-8,11H2,1-2H3. The van der Waals surface area contributed by atoms with Crippen LogP contribution in [0.5, 0.6) is 0 Å². The van der Waals surface area contributed by atoms with E-state index in [0.717, 1.165) is 32.6 Å². The average Bonchev–Trinajstić information content (AvgIpc) is 2.18. The fourth-order valence-electron chi connectivity index (χ4n) is 1.94. The summed E-state index contributed by atoms with van der Waals surface area (Å²) in [5.74, 6) is 0.256. The Morgan fingerprint density at radius 3 is 2.71 bits per heavy atom. The van der Waals surface area contributed by atoms with E-state index in [-0.39, 0.29) is 11.9 Å². The summed E-state index contributed by atoms with van der Waals surface area (Å²) in [6.45, 7) is 8.24. The maximum atomic E-state index is 11.8. The van der Waals surface area contributed by atoms with Crippen molar-refractivity contribution in [2.24, 2.45) is 5.73 Å². The fraction of sp³-hybridized carbons (Fsp3) is 0.900. The second kappa shape index (κ2) is 5.32. The molecule has 1 aliphatic heterocycles. The Morgan fingerprint density at radius 2 is 2.14 bits per heavy atom. The van der Waals surface area contributed by atoms with E-state index in [1.807, 2.05) is 11.8 Å². The number of carbonyl (C=O) groups is 1. The summed E-state index contributed by atoms with van der Waals surface area (Å²) in [5.41, 5.74) is 5.49. The topological polar surface area (TPSA) is 49.6 Å². The summed E-state index contributed by atoms with van der Waals surface area (Å²) in [4.78, 5) is 16.0. The van der Waals surface area contributed by atoms with E-state index < -0.39 is 0 Å². The second-order valence-corrected chi connectivity index (χ2v) is 3.83. The molecule has 4 heteroatoms. The SMILES string of the molecule is CCCN1CCN(CCN)C(C)C1=O. The van der Waals surface area contributed by atoms with E-state index in [1.54, 1.807) is 0 Å². The number of carbonyl (C=O) groups excluding carboxylic acids is 1. The minimum absolute atomic E-state index is 0.0128. The highest BCUT2D eigenvalue weighted by Gasteiger charge is 2.29. The smallest absolute Gasteiger partial charge is 0.239 e. The van der Waals surface area contributed by atoms with Crippen LogP contribution < -0.4 is 5.73 Å². The van der Waals surface area contributed by atoms with Crippen molar-refractivity contribution in [3.63, 3.8) is 0 Å². The van der Waals surface area contributed by atoms with Crippen LogP contribution in [0.25, 0.3) is 0 Å². The highest BCUT2D eigenvalue weighted by molar-refractivity contribution is 5.82. The summed E-state index contributed by atoms with van der Waals surface area (Å²) in [5, 5.41) is 0. The first-order valence-electron chi connectivity index (χ1n) is 5.43. The number of nitrogens with two attached hydrogens (primary N) is 1. The number of rotatable bonds is 4. The van der Waals surface area contributed by atoms with Crippen molar-refractivity contribution < 1.29 is 4.79 Å². The summed E-state index contributed by atoms with van der Waals surface area (Å²) in [6.07, 6.45) is 1.04. The Morgan fingerprint density at radius 1 is 1.43 bits per heavy atom. The molecule has 0 bridgehead atoms. The third kappa shape index (κ3) is 2.45. The minimum Gasteiger partial charge on any atom is -0.340 e. The van der Waals surface area contributed by atoms with E-state index in [2.05, 4.69) is 11.8 Å². The average molecular weight is 199 g/mol. The molecule has 2 N–H and O–H groups in total. The molecule has 1 heterocycles. The Bertz CT molecular complexity index is 196. The van der Waals surface area contributed by atoms with Gasteiger partial charge in [0.15, 0.2) is 0 Å². The third-order valence-corrected chi connectivity index (χ3v) is 2.78. The summed E-state index contributed by atoms with van der Waals surface area (Å²) < 4.78 is 0. The van der Waals surface area contributed by atoms with Gasteiger partial charge in [-0.2, -0.15) is 0 Å². The number of piperazine rings is 1. The first kappa shape index (κ1) is 11.5. The van der Waals surface area contributed by atoms with Crippen molar-refractivity contribution in [1.29, 1.82) is 0 Å². The predicted octanol–water partition coefficient (Wildman–Crippen LogP) is -0.112. The molecule has 0 saturated carbocycles. The van der Waals surface area contributed by atoms with E-state index in [9.17, 15) is 4.79 Å². The molecule has 1 amide bonds. The maximum absolute atomic E-state index is 11.8. The fourth-order valence-corrected chi connectivity index (χ4v) is 1.94. The minimum atomic E-state index is 0.0128. The number of nitrogens with zero attached hydrogens (tertiary/aromatic N) is 2. The zero-order valence-electron chi connectivity index (χ0n) is 9.20. The van der Waals surface area contributed by atoms with Crippen LogP contribution in [0.3, 0.4) is 0 Å². The Kier molecular flexibility index (Phi) is 4.35. The Hall–Kier alpha value is -0.610. The van der Waals surface area contributed by atoms with Crippen LogP contribution >= 0.6 is 0 Å². The van der Waals surface area contributed by atoms with Crippen LogP contribution in [0.2, 0.25) is 0 Å². The van der Waals surface area contributed by atoms with Crippen LogP contribution in [0, 0.1) is 0 Å². The maximum Gasteiger partial charge on any atom is 0.239 e. The molecule has 1 unspecified atom stereocenters. The Balaban J connectivity index is 2.50. The van der Waals surface area contributed by atoms with Gasteiger partial charge in [-0.3, -0.25) is 9.69 Å². The van der Waals surface area contributed by atoms with Gasteiger partial charge in [0.1, 0.15) is 0 Å². The zero-order valence-corrected chi connectivity index (χ0v) is 9.20. The quantitative estimate of drug-likeness (QED) is 0.687. The van der Waals surface area contributed by atoms with Crippen molar-refractivity contribution in [2.75, 3.05) is 32.7 Å². The van der Waals surface area contributed by atoms with Gasteiger partial charge in [-0.15, -0.1) is 0 Å². The van der Waals surface area contributed by atoms with Crippen LogP contribution in [-0.4, -0.2) is 54.5 Å². The van der Waals surface area contributed by atoms with Crippen molar-refractivity contribution in [1.82, 2.24) is 9.80 Å². The predicted molar refractivity (Wildman–Crippen MR) is 57.0 cm³/mol. The lowest BCUT2D eigenvalue weighted by atomic mass is 10.1. The summed E-state index contributed by atoms with van der Waals surface area (Å²) in [7, 11) is 0. The van der Waals surface area contributed by atoms with Crippen LogP contribution in [-0.2, 0) is 4.79 Å². The third-order valence-electron chi connectivity index (χ3n) is 2.78. The molecule has 0 aromatic heterocycles. The molecule has 0 aromatic carbocycles. The molecule has 1 atom stereocenters. The lowest BCUT2D eigenvalue weighted by Crippen LogP contribution is -2.56. The first-order chi connectivity index (χ1) is 6.70. The molecule has 4 nitrogen and oxygen atoms in total. The lowest BCUT2D eigenvalue weighted by Gasteiger charge is -2.38. The van der Waals surface area contributed by atoms with Crippen LogP contribution in [0.1, 0.15) is 20.3 Å². The van der Waals surface area contributed by atoms with Crippen molar-refractivity contribution >= 4 is 5.91 Å². The number of hydrogen-bond acceptors (Lipinski definition) is 3. The normalized spacial score (nSPS) is 24.4. The van der Waals surface area contributed by atoms with Gasteiger partial charge < -0.3 is 10.6 Å². The van der Waals surface area contributed by atoms with Gasteiger partial charge in [-0.05, 0) is 13.3 Å². The van der Waals surface area contributed by atoms with E-state index in [1.165, 1.54) is 0 Å². The summed E-state index contributed by atoms with van der Waals surface area (Å²) in [6, 6.07) is 0.0128. The monoisotopic (exact) mass is 199 g/mol. The van der Waals surface area contributed by atoms with Crippen molar-refractivity contribution in [3.05, 3.63) is 0 Å². The van der Waals surface area contributed by atoms with Gasteiger partial charge in [-0.25, -0.2) is 0 Å². The van der Waals surface area contributed by atoms with Crippen molar-refractivity contribution in [3.8, 4) is 0 Å². The molecular formula is C10H21N3O. The first-order valence-corrected chi connectivity index (χ1v) is 5.43. The van der Waals surface area contributed by atoms with E-state index >= 15 is 0 Å². The molecule has 1 rings (SSSR count). The highest BCUT2D eigenvalue weighted by Crippen LogP contribution is 2.10. The molecule has 1 fully saturated rings. The second-order valence-electron chi connectivity index (χ2n) is 3.83. The molecule has 82 valence electrons. The number of amides is 1. The molecule has 1 saturated heterocycles. The lowest BCUT2D eigenvalue weighted by molar-refractivity contribution is -0.140. The molecule has 14 heavy (non-hydrogen) atoms. The van der Waals surface area contributed by atoms with Crippen LogP contribution in [0.4, 0.5) is 0 Å². The Labute approximate surface area is 86.0 Å². The van der Waals surface area contributed by atoms with Gasteiger partial charge in [0.25, 0.3) is 0 Å². The van der Waals surface area contributed by atoms with Crippen LogP contribution in [0.15, 0.2) is 0 Å². The van der Waals surface area contributed by atoms with Gasteiger partial charge in [0, 0.05) is 32.7 Å². The van der Waals surface area contributed by atoms with Gasteiger partial charge in [0.2, 0.25) is 5.91 Å². The van der Waals surface area contributed by atoms with Gasteiger partial charge in [0.05, 0.1) is 6.04 Å². The molecule has 0 aromatic rings. The molecule has 0 radical (unpaired) electrons. The molecule has 0 aliphatic carbocycles. The van der Waals surface area contributed by atoms with Gasteiger partial charge >= 0.3 is 0 Å². The molecular weight excluding hydrogens is 178 g/mol. The van der Waals surface area contributed by atoms with Crippen molar-refractivity contribution in [2.45, 2.75) is 26.3 Å². The van der Waals surface area contributed by atoms with E-state index in [4.69, 9.17) is 5.73 Å².